The van der Waals surface area contributed by atoms with Crippen molar-refractivity contribution in [3.8, 4) is 11.8 Å². The van der Waals surface area contributed by atoms with E-state index in [1.54, 1.807) is 18.2 Å². The number of anilines is 1. The van der Waals surface area contributed by atoms with E-state index in [2.05, 4.69) is 39.4 Å². The van der Waals surface area contributed by atoms with E-state index >= 15 is 0 Å². The number of amides is 1. The summed E-state index contributed by atoms with van der Waals surface area (Å²) in [4.78, 5) is 17.3. The summed E-state index contributed by atoms with van der Waals surface area (Å²) in [5, 5.41) is 12.1. The van der Waals surface area contributed by atoms with Gasteiger partial charge in [-0.15, -0.1) is 0 Å². The van der Waals surface area contributed by atoms with Gasteiger partial charge in [0.1, 0.15) is 11.8 Å². The summed E-state index contributed by atoms with van der Waals surface area (Å²) < 4.78 is 5.59. The molecule has 2 heterocycles. The maximum absolute atomic E-state index is 12.7. The molecule has 1 N–H and O–H groups in total. The molecule has 1 atom stereocenters. The fraction of sp³-hybridized carbons (Fsp3) is 0.391. The number of rotatable bonds is 5. The molecule has 0 bridgehead atoms. The highest BCUT2D eigenvalue weighted by atomic mass is 16.5. The van der Waals surface area contributed by atoms with Crippen molar-refractivity contribution in [3.63, 3.8) is 0 Å². The molecule has 0 unspecified atom stereocenters. The standard InChI is InChI=1S/C23H26N4O2/c1-17(23(28)25-21-5-3-2-4-20(21)15-24)27-11-9-26(10-12-27)16-18-6-7-22-19(14-18)8-13-29-22/h2-7,14,17H,8-13,16H2,1H3,(H,25,28)/t17-/m0/s1. The first-order valence-corrected chi connectivity index (χ1v) is 10.1. The van der Waals surface area contributed by atoms with Crippen LogP contribution in [0, 0.1) is 11.3 Å². The van der Waals surface area contributed by atoms with E-state index in [0.29, 0.717) is 11.3 Å². The van der Waals surface area contributed by atoms with Crippen LogP contribution in [-0.4, -0.2) is 54.5 Å². The molecule has 0 saturated carbocycles. The fourth-order valence-electron chi connectivity index (χ4n) is 4.00. The number of ether oxygens (including phenoxy) is 1. The number of hydrogen-bond donors (Lipinski definition) is 1. The fourth-order valence-corrected chi connectivity index (χ4v) is 4.00. The minimum atomic E-state index is -0.235. The quantitative estimate of drug-likeness (QED) is 0.850. The third kappa shape index (κ3) is 4.42. The third-order valence-corrected chi connectivity index (χ3v) is 5.80. The molecule has 0 radical (unpaired) electrons. The monoisotopic (exact) mass is 390 g/mol. The molecule has 4 rings (SSSR count). The number of para-hydroxylation sites is 1. The van der Waals surface area contributed by atoms with Crippen molar-refractivity contribution >= 4 is 11.6 Å². The van der Waals surface area contributed by atoms with E-state index in [9.17, 15) is 10.1 Å². The van der Waals surface area contributed by atoms with Crippen molar-refractivity contribution < 1.29 is 9.53 Å². The van der Waals surface area contributed by atoms with Crippen LogP contribution in [0.2, 0.25) is 0 Å². The van der Waals surface area contributed by atoms with Gasteiger partial charge in [0.15, 0.2) is 0 Å². The van der Waals surface area contributed by atoms with Crippen LogP contribution >= 0.6 is 0 Å². The van der Waals surface area contributed by atoms with Crippen LogP contribution in [0.1, 0.15) is 23.6 Å². The first-order chi connectivity index (χ1) is 14.1. The summed E-state index contributed by atoms with van der Waals surface area (Å²) in [5.74, 6) is 0.955. The van der Waals surface area contributed by atoms with Gasteiger partial charge in [0, 0.05) is 39.1 Å². The number of benzene rings is 2. The number of nitriles is 1. The van der Waals surface area contributed by atoms with E-state index in [-0.39, 0.29) is 11.9 Å². The molecular formula is C23H26N4O2. The number of fused-ring (bicyclic) bond motifs is 1. The summed E-state index contributed by atoms with van der Waals surface area (Å²) in [6.45, 7) is 7.21. The zero-order chi connectivity index (χ0) is 20.2. The molecule has 0 aromatic heterocycles. The second kappa shape index (κ2) is 8.64. The van der Waals surface area contributed by atoms with E-state index in [1.807, 2.05) is 13.0 Å². The Morgan fingerprint density at radius 2 is 2.00 bits per heavy atom. The molecule has 6 heteroatoms. The van der Waals surface area contributed by atoms with Gasteiger partial charge in [-0.3, -0.25) is 14.6 Å². The van der Waals surface area contributed by atoms with Crippen LogP contribution in [0.25, 0.3) is 0 Å². The van der Waals surface area contributed by atoms with Crippen LogP contribution < -0.4 is 10.1 Å². The molecule has 6 nitrogen and oxygen atoms in total. The summed E-state index contributed by atoms with van der Waals surface area (Å²) in [5.41, 5.74) is 3.69. The van der Waals surface area contributed by atoms with Gasteiger partial charge in [0.2, 0.25) is 5.91 Å². The highest BCUT2D eigenvalue weighted by molar-refractivity contribution is 5.95. The average molecular weight is 390 g/mol. The van der Waals surface area contributed by atoms with E-state index < -0.39 is 0 Å². The normalized spacial score (nSPS) is 17.8. The SMILES string of the molecule is C[C@@H](C(=O)Nc1ccccc1C#N)N1CCN(Cc2ccc3c(c2)CCO3)CC1. The predicted octanol–water partition coefficient (Wildman–Crippen LogP) is 2.64. The lowest BCUT2D eigenvalue weighted by atomic mass is 10.1. The minimum absolute atomic E-state index is 0.0697. The number of piperazine rings is 1. The van der Waals surface area contributed by atoms with Gasteiger partial charge in [-0.25, -0.2) is 0 Å². The molecule has 2 aliphatic rings. The number of hydrogen-bond acceptors (Lipinski definition) is 5. The highest BCUT2D eigenvalue weighted by Crippen LogP contribution is 2.26. The smallest absolute Gasteiger partial charge is 0.241 e. The molecule has 2 aromatic rings. The summed E-state index contributed by atoms with van der Waals surface area (Å²) in [6.07, 6.45) is 0.999. The highest BCUT2D eigenvalue weighted by Gasteiger charge is 2.26. The zero-order valence-electron chi connectivity index (χ0n) is 16.7. The second-order valence-electron chi connectivity index (χ2n) is 7.68. The van der Waals surface area contributed by atoms with Gasteiger partial charge in [-0.05, 0) is 36.2 Å². The van der Waals surface area contributed by atoms with E-state index in [1.165, 1.54) is 11.1 Å². The predicted molar refractivity (Wildman–Crippen MR) is 112 cm³/mol. The third-order valence-electron chi connectivity index (χ3n) is 5.80. The van der Waals surface area contributed by atoms with Gasteiger partial charge in [0.05, 0.1) is 23.9 Å². The lowest BCUT2D eigenvalue weighted by molar-refractivity contribution is -0.121. The van der Waals surface area contributed by atoms with Gasteiger partial charge in [-0.1, -0.05) is 24.3 Å². The molecular weight excluding hydrogens is 364 g/mol. The number of nitrogens with one attached hydrogen (secondary N) is 1. The summed E-state index contributed by atoms with van der Waals surface area (Å²) in [6, 6.07) is 15.5. The Kier molecular flexibility index (Phi) is 5.79. The summed E-state index contributed by atoms with van der Waals surface area (Å²) in [7, 11) is 0. The Balaban J connectivity index is 1.29. The Bertz CT molecular complexity index is 929. The maximum atomic E-state index is 12.7. The first kappa shape index (κ1) is 19.4. The number of carbonyl (C=O) groups excluding carboxylic acids is 1. The van der Waals surface area contributed by atoms with Crippen LogP contribution in [0.3, 0.4) is 0 Å². The minimum Gasteiger partial charge on any atom is -0.493 e. The molecule has 29 heavy (non-hydrogen) atoms. The zero-order valence-corrected chi connectivity index (χ0v) is 16.7. The average Bonchev–Trinajstić information content (AvgIpc) is 3.22. The van der Waals surface area contributed by atoms with Gasteiger partial charge in [0.25, 0.3) is 0 Å². The molecule has 1 saturated heterocycles. The lowest BCUT2D eigenvalue weighted by Gasteiger charge is -2.37. The van der Waals surface area contributed by atoms with Crippen molar-refractivity contribution in [1.82, 2.24) is 9.80 Å². The second-order valence-corrected chi connectivity index (χ2v) is 7.68. The Labute approximate surface area is 171 Å². The van der Waals surface area contributed by atoms with Crippen molar-refractivity contribution in [3.05, 3.63) is 59.2 Å². The Morgan fingerprint density at radius 1 is 1.21 bits per heavy atom. The summed E-state index contributed by atoms with van der Waals surface area (Å²) >= 11 is 0. The van der Waals surface area contributed by atoms with Crippen molar-refractivity contribution in [2.45, 2.75) is 25.9 Å². The van der Waals surface area contributed by atoms with E-state index in [0.717, 1.165) is 51.5 Å². The van der Waals surface area contributed by atoms with Crippen LogP contribution in [0.15, 0.2) is 42.5 Å². The maximum Gasteiger partial charge on any atom is 0.241 e. The van der Waals surface area contributed by atoms with Crippen molar-refractivity contribution in [2.24, 2.45) is 0 Å². The van der Waals surface area contributed by atoms with Crippen LogP contribution in [0.4, 0.5) is 5.69 Å². The lowest BCUT2D eigenvalue weighted by Crippen LogP contribution is -2.52. The topological polar surface area (TPSA) is 68.6 Å². The molecule has 0 aliphatic carbocycles. The van der Waals surface area contributed by atoms with Crippen LogP contribution in [0.5, 0.6) is 5.75 Å². The van der Waals surface area contributed by atoms with Crippen molar-refractivity contribution in [2.75, 3.05) is 38.1 Å². The Hall–Kier alpha value is -2.88. The van der Waals surface area contributed by atoms with Crippen LogP contribution in [-0.2, 0) is 17.8 Å². The van der Waals surface area contributed by atoms with Crippen molar-refractivity contribution in [1.29, 1.82) is 5.26 Å². The first-order valence-electron chi connectivity index (χ1n) is 10.1. The molecule has 0 spiro atoms. The largest absolute Gasteiger partial charge is 0.493 e. The molecule has 2 aromatic carbocycles. The molecule has 1 amide bonds. The molecule has 150 valence electrons. The van der Waals surface area contributed by atoms with Gasteiger partial charge >= 0.3 is 0 Å². The number of nitrogens with zero attached hydrogens (tertiary/aromatic N) is 3. The molecule has 1 fully saturated rings. The van der Waals surface area contributed by atoms with Gasteiger partial charge < -0.3 is 10.1 Å². The number of carbonyl (C=O) groups is 1. The van der Waals surface area contributed by atoms with E-state index in [4.69, 9.17) is 4.74 Å². The van der Waals surface area contributed by atoms with Gasteiger partial charge in [-0.2, -0.15) is 5.26 Å². The Morgan fingerprint density at radius 3 is 2.79 bits per heavy atom. The molecule has 2 aliphatic heterocycles.